The van der Waals surface area contributed by atoms with Gasteiger partial charge in [-0.1, -0.05) is 6.07 Å². The van der Waals surface area contributed by atoms with Crippen molar-refractivity contribution < 1.29 is 9.84 Å². The first-order valence-electron chi connectivity index (χ1n) is 4.92. The Morgan fingerprint density at radius 3 is 2.87 bits per heavy atom. The van der Waals surface area contributed by atoms with E-state index in [0.717, 1.165) is 5.56 Å². The monoisotopic (exact) mass is 210 g/mol. The fourth-order valence-corrected chi connectivity index (χ4v) is 1.38. The molecule has 0 bridgehead atoms. The van der Waals surface area contributed by atoms with Gasteiger partial charge in [0.2, 0.25) is 0 Å². The summed E-state index contributed by atoms with van der Waals surface area (Å²) in [4.78, 5) is 3.97. The van der Waals surface area contributed by atoms with Crippen molar-refractivity contribution >= 4 is 5.82 Å². The summed E-state index contributed by atoms with van der Waals surface area (Å²) < 4.78 is 5.12. The number of aromatic nitrogens is 1. The minimum absolute atomic E-state index is 0.253. The van der Waals surface area contributed by atoms with Gasteiger partial charge in [-0.15, -0.1) is 0 Å². The number of anilines is 1. The van der Waals surface area contributed by atoms with E-state index in [4.69, 9.17) is 10.5 Å². The van der Waals surface area contributed by atoms with Crippen LogP contribution < -0.4 is 5.73 Å². The summed E-state index contributed by atoms with van der Waals surface area (Å²) in [7, 11) is 1.58. The predicted molar refractivity (Wildman–Crippen MR) is 59.4 cm³/mol. The smallest absolute Gasteiger partial charge is 0.126 e. The first-order chi connectivity index (χ1) is 6.97. The van der Waals surface area contributed by atoms with Crippen LogP contribution in [0.15, 0.2) is 18.3 Å². The molecule has 0 aromatic carbocycles. The number of nitrogens with two attached hydrogens (primary N) is 1. The van der Waals surface area contributed by atoms with Crippen LogP contribution in [-0.4, -0.2) is 28.9 Å². The molecular formula is C11H18N2O2. The van der Waals surface area contributed by atoms with Crippen molar-refractivity contribution in [1.82, 2.24) is 4.98 Å². The summed E-state index contributed by atoms with van der Waals surface area (Å²) in [5.41, 5.74) is 5.61. The van der Waals surface area contributed by atoms with Crippen LogP contribution >= 0.6 is 0 Å². The molecule has 1 heterocycles. The van der Waals surface area contributed by atoms with Gasteiger partial charge in [-0.05, 0) is 25.5 Å². The zero-order valence-electron chi connectivity index (χ0n) is 9.40. The van der Waals surface area contributed by atoms with Crippen LogP contribution in [0.4, 0.5) is 5.82 Å². The molecule has 2 atom stereocenters. The first-order valence-corrected chi connectivity index (χ1v) is 4.92. The van der Waals surface area contributed by atoms with Gasteiger partial charge in [-0.3, -0.25) is 0 Å². The van der Waals surface area contributed by atoms with Crippen LogP contribution in [0.25, 0.3) is 0 Å². The highest BCUT2D eigenvalue weighted by molar-refractivity contribution is 5.39. The number of ether oxygens (including phenoxy) is 1. The molecule has 0 saturated carbocycles. The third kappa shape index (κ3) is 2.91. The third-order valence-electron chi connectivity index (χ3n) is 2.70. The lowest BCUT2D eigenvalue weighted by atomic mass is 9.92. The second-order valence-electron chi connectivity index (χ2n) is 3.96. The number of rotatable bonds is 4. The summed E-state index contributed by atoms with van der Waals surface area (Å²) in [6.07, 6.45) is 1.81. The second kappa shape index (κ2) is 4.59. The van der Waals surface area contributed by atoms with E-state index in [0.29, 0.717) is 12.2 Å². The topological polar surface area (TPSA) is 68.4 Å². The quantitative estimate of drug-likeness (QED) is 0.777. The lowest BCUT2D eigenvalue weighted by molar-refractivity contribution is -0.0715. The summed E-state index contributed by atoms with van der Waals surface area (Å²) in [6.45, 7) is 3.56. The summed E-state index contributed by atoms with van der Waals surface area (Å²) in [5, 5.41) is 10.2. The van der Waals surface area contributed by atoms with Crippen molar-refractivity contribution in [2.45, 2.75) is 32.0 Å². The van der Waals surface area contributed by atoms with Gasteiger partial charge >= 0.3 is 0 Å². The maximum Gasteiger partial charge on any atom is 0.126 e. The van der Waals surface area contributed by atoms with Crippen molar-refractivity contribution in [3.8, 4) is 0 Å². The molecule has 4 heteroatoms. The third-order valence-corrected chi connectivity index (χ3v) is 2.70. The molecule has 0 aliphatic heterocycles. The maximum atomic E-state index is 10.2. The number of pyridine rings is 1. The van der Waals surface area contributed by atoms with E-state index in [9.17, 15) is 5.11 Å². The number of nitrogen functional groups attached to an aromatic ring is 1. The zero-order valence-corrected chi connectivity index (χ0v) is 9.40. The Labute approximate surface area is 90.1 Å². The second-order valence-corrected chi connectivity index (χ2v) is 3.96. The lowest BCUT2D eigenvalue weighted by Crippen LogP contribution is -2.40. The summed E-state index contributed by atoms with van der Waals surface area (Å²) in [5.74, 6) is 0.459. The SMILES string of the molecule is COC(C)C(C)(O)Cc1cccnc1N. The minimum atomic E-state index is -0.939. The Morgan fingerprint density at radius 2 is 2.33 bits per heavy atom. The molecule has 1 rings (SSSR count). The largest absolute Gasteiger partial charge is 0.387 e. The highest BCUT2D eigenvalue weighted by Crippen LogP contribution is 2.21. The summed E-state index contributed by atoms with van der Waals surface area (Å²) in [6, 6.07) is 3.67. The molecule has 84 valence electrons. The van der Waals surface area contributed by atoms with E-state index in [1.54, 1.807) is 26.3 Å². The van der Waals surface area contributed by atoms with E-state index < -0.39 is 5.60 Å². The van der Waals surface area contributed by atoms with Crippen molar-refractivity contribution in [3.05, 3.63) is 23.9 Å². The molecule has 15 heavy (non-hydrogen) atoms. The molecule has 0 saturated heterocycles. The molecule has 3 N–H and O–H groups in total. The van der Waals surface area contributed by atoms with E-state index in [1.807, 2.05) is 13.0 Å². The fraction of sp³-hybridized carbons (Fsp3) is 0.545. The van der Waals surface area contributed by atoms with Crippen molar-refractivity contribution in [1.29, 1.82) is 0 Å². The van der Waals surface area contributed by atoms with Crippen LogP contribution in [0.3, 0.4) is 0 Å². The highest BCUT2D eigenvalue weighted by Gasteiger charge is 2.29. The molecule has 4 nitrogen and oxygen atoms in total. The number of methoxy groups -OCH3 is 1. The van der Waals surface area contributed by atoms with Gasteiger partial charge in [-0.2, -0.15) is 0 Å². The minimum Gasteiger partial charge on any atom is -0.387 e. The fourth-order valence-electron chi connectivity index (χ4n) is 1.38. The van der Waals surface area contributed by atoms with Gasteiger partial charge in [0, 0.05) is 19.7 Å². The Bertz CT molecular complexity index is 326. The Kier molecular flexibility index (Phi) is 3.66. The molecule has 0 amide bonds. The number of hydrogen-bond donors (Lipinski definition) is 2. The van der Waals surface area contributed by atoms with Crippen molar-refractivity contribution in [2.24, 2.45) is 0 Å². The van der Waals surface area contributed by atoms with Crippen LogP contribution in [0.1, 0.15) is 19.4 Å². The standard InChI is InChI=1S/C11H18N2O2/c1-8(15-3)11(2,14)7-9-5-4-6-13-10(9)12/h4-6,8,14H,7H2,1-3H3,(H2,12,13). The molecule has 0 fully saturated rings. The average molecular weight is 210 g/mol. The van der Waals surface area contributed by atoms with Gasteiger partial charge in [-0.25, -0.2) is 4.98 Å². The van der Waals surface area contributed by atoms with Crippen LogP contribution in [0.5, 0.6) is 0 Å². The van der Waals surface area contributed by atoms with Gasteiger partial charge in [0.1, 0.15) is 5.82 Å². The van der Waals surface area contributed by atoms with E-state index in [2.05, 4.69) is 4.98 Å². The van der Waals surface area contributed by atoms with Crippen LogP contribution in [0.2, 0.25) is 0 Å². The average Bonchev–Trinajstić information content (AvgIpc) is 2.20. The van der Waals surface area contributed by atoms with E-state index in [-0.39, 0.29) is 6.10 Å². The normalized spacial score (nSPS) is 17.1. The Morgan fingerprint density at radius 1 is 1.67 bits per heavy atom. The Hall–Kier alpha value is -1.13. The van der Waals surface area contributed by atoms with E-state index >= 15 is 0 Å². The van der Waals surface area contributed by atoms with Gasteiger partial charge in [0.05, 0.1) is 11.7 Å². The van der Waals surface area contributed by atoms with E-state index in [1.165, 1.54) is 0 Å². The van der Waals surface area contributed by atoms with Gasteiger partial charge in [0.15, 0.2) is 0 Å². The van der Waals surface area contributed by atoms with Crippen molar-refractivity contribution in [2.75, 3.05) is 12.8 Å². The highest BCUT2D eigenvalue weighted by atomic mass is 16.5. The van der Waals surface area contributed by atoms with Crippen molar-refractivity contribution in [3.63, 3.8) is 0 Å². The molecule has 1 aromatic rings. The molecule has 0 aliphatic carbocycles. The zero-order chi connectivity index (χ0) is 11.5. The molecule has 0 aliphatic rings. The van der Waals surface area contributed by atoms with Gasteiger partial charge < -0.3 is 15.6 Å². The predicted octanol–water partition coefficient (Wildman–Crippen LogP) is 0.992. The molecule has 0 spiro atoms. The number of nitrogens with zero attached hydrogens (tertiary/aromatic N) is 1. The molecule has 2 unspecified atom stereocenters. The number of hydrogen-bond acceptors (Lipinski definition) is 4. The molecule has 1 aromatic heterocycles. The Balaban J connectivity index is 2.81. The van der Waals surface area contributed by atoms with Crippen LogP contribution in [-0.2, 0) is 11.2 Å². The maximum absolute atomic E-state index is 10.2. The first kappa shape index (κ1) is 11.9. The van der Waals surface area contributed by atoms with Gasteiger partial charge in [0.25, 0.3) is 0 Å². The number of aliphatic hydroxyl groups is 1. The van der Waals surface area contributed by atoms with Crippen LogP contribution in [0, 0.1) is 0 Å². The summed E-state index contributed by atoms with van der Waals surface area (Å²) >= 11 is 0. The molecule has 0 radical (unpaired) electrons. The lowest BCUT2D eigenvalue weighted by Gasteiger charge is -2.29. The molecular weight excluding hydrogens is 192 g/mol.